The molecule has 7 aromatic carbocycles. The minimum absolute atomic E-state index is 0.0697. The predicted molar refractivity (Wildman–Crippen MR) is 205 cm³/mol. The Balaban J connectivity index is 1.29. The van der Waals surface area contributed by atoms with Crippen LogP contribution in [0.3, 0.4) is 0 Å². The van der Waals surface area contributed by atoms with Gasteiger partial charge in [0.1, 0.15) is 0 Å². The largest absolute Gasteiger partial charge is 0.310 e. The third-order valence-corrected chi connectivity index (χ3v) is 12.2. The highest BCUT2D eigenvalue weighted by Crippen LogP contribution is 2.57. The van der Waals surface area contributed by atoms with Gasteiger partial charge in [0, 0.05) is 22.5 Å². The van der Waals surface area contributed by atoms with E-state index in [0.29, 0.717) is 0 Å². The summed E-state index contributed by atoms with van der Waals surface area (Å²) < 4.78 is 0. The lowest BCUT2D eigenvalue weighted by Gasteiger charge is -2.49. The minimum atomic E-state index is -0.118. The Morgan fingerprint density at radius 2 is 0.979 bits per heavy atom. The lowest BCUT2D eigenvalue weighted by atomic mass is 9.55. The lowest BCUT2D eigenvalue weighted by Crippen LogP contribution is -2.43. The molecule has 9 rings (SSSR count). The Labute approximate surface area is 284 Å². The van der Waals surface area contributed by atoms with Gasteiger partial charge in [-0.1, -0.05) is 145 Å². The molecule has 0 aromatic heterocycles. The van der Waals surface area contributed by atoms with Crippen molar-refractivity contribution in [2.24, 2.45) is 0 Å². The van der Waals surface area contributed by atoms with Crippen LogP contribution in [-0.2, 0) is 16.2 Å². The van der Waals surface area contributed by atoms with Crippen LogP contribution in [0.1, 0.15) is 63.8 Å². The second-order valence-corrected chi connectivity index (χ2v) is 15.4. The van der Waals surface area contributed by atoms with Crippen LogP contribution in [0.4, 0.5) is 17.1 Å². The maximum Gasteiger partial charge on any atom is 0.0465 e. The molecule has 0 bridgehead atoms. The molecule has 2 aliphatic rings. The molecule has 0 fully saturated rings. The maximum absolute atomic E-state index is 2.49. The summed E-state index contributed by atoms with van der Waals surface area (Å²) in [5.74, 6) is 0. The number of fused-ring (bicyclic) bond motifs is 10. The molecule has 1 heteroatoms. The number of nitrogens with zero attached hydrogens (tertiary/aromatic N) is 1. The first kappa shape index (κ1) is 29.0. The van der Waals surface area contributed by atoms with Crippen LogP contribution in [0, 0.1) is 0 Å². The van der Waals surface area contributed by atoms with E-state index in [2.05, 4.69) is 186 Å². The predicted octanol–water partition coefficient (Wildman–Crippen LogP) is 13.0. The zero-order chi connectivity index (χ0) is 33.0. The van der Waals surface area contributed by atoms with Crippen LogP contribution >= 0.6 is 0 Å². The summed E-state index contributed by atoms with van der Waals surface area (Å²) in [7, 11) is 0. The molecule has 0 unspecified atom stereocenters. The second-order valence-electron chi connectivity index (χ2n) is 15.4. The zero-order valence-corrected chi connectivity index (χ0v) is 28.7. The maximum atomic E-state index is 2.49. The monoisotopic (exact) mass is 619 g/mol. The highest BCUT2D eigenvalue weighted by atomic mass is 15.1. The third-order valence-electron chi connectivity index (χ3n) is 12.2. The molecular formula is C47H41N. The topological polar surface area (TPSA) is 3.24 Å². The van der Waals surface area contributed by atoms with Crippen molar-refractivity contribution in [1.82, 2.24) is 0 Å². The van der Waals surface area contributed by atoms with Crippen molar-refractivity contribution in [1.29, 1.82) is 0 Å². The van der Waals surface area contributed by atoms with Crippen molar-refractivity contribution in [3.63, 3.8) is 0 Å². The van der Waals surface area contributed by atoms with Crippen molar-refractivity contribution in [3.05, 3.63) is 162 Å². The fourth-order valence-electron chi connectivity index (χ4n) is 8.83. The third kappa shape index (κ3) is 3.85. The van der Waals surface area contributed by atoms with Crippen LogP contribution in [0.2, 0.25) is 0 Å². The molecule has 0 saturated heterocycles. The molecule has 0 N–H and O–H groups in total. The van der Waals surface area contributed by atoms with Gasteiger partial charge in [-0.2, -0.15) is 0 Å². The first-order chi connectivity index (χ1) is 23.1. The highest BCUT2D eigenvalue weighted by molar-refractivity contribution is 6.16. The summed E-state index contributed by atoms with van der Waals surface area (Å²) >= 11 is 0. The molecule has 0 spiro atoms. The highest BCUT2D eigenvalue weighted by Gasteiger charge is 2.46. The molecule has 1 nitrogen and oxygen atoms in total. The number of para-hydroxylation sites is 1. The number of benzene rings is 7. The zero-order valence-electron chi connectivity index (χ0n) is 28.7. The first-order valence-electron chi connectivity index (χ1n) is 17.3. The quantitative estimate of drug-likeness (QED) is 0.178. The van der Waals surface area contributed by atoms with Crippen molar-refractivity contribution < 1.29 is 0 Å². The van der Waals surface area contributed by atoms with Gasteiger partial charge in [0.25, 0.3) is 0 Å². The van der Waals surface area contributed by atoms with Crippen LogP contribution in [0.5, 0.6) is 0 Å². The van der Waals surface area contributed by atoms with Gasteiger partial charge in [-0.15, -0.1) is 0 Å². The fraction of sp³-hybridized carbons (Fsp3) is 0.191. The molecule has 0 saturated carbocycles. The molecule has 234 valence electrons. The van der Waals surface area contributed by atoms with E-state index in [-0.39, 0.29) is 16.2 Å². The molecule has 0 radical (unpaired) electrons. The molecule has 0 aliphatic heterocycles. The molecule has 7 aromatic rings. The average Bonchev–Trinajstić information content (AvgIpc) is 3.33. The van der Waals surface area contributed by atoms with E-state index in [1.54, 1.807) is 0 Å². The molecule has 0 atom stereocenters. The summed E-state index contributed by atoms with van der Waals surface area (Å²) in [5.41, 5.74) is 14.3. The van der Waals surface area contributed by atoms with E-state index in [0.717, 1.165) is 5.69 Å². The summed E-state index contributed by atoms with van der Waals surface area (Å²) in [6, 6.07) is 52.3. The summed E-state index contributed by atoms with van der Waals surface area (Å²) in [6.07, 6.45) is 0. The summed E-state index contributed by atoms with van der Waals surface area (Å²) in [4.78, 5) is 2.46. The molecule has 0 amide bonds. The van der Waals surface area contributed by atoms with Crippen molar-refractivity contribution in [2.75, 3.05) is 4.90 Å². The first-order valence-corrected chi connectivity index (χ1v) is 17.3. The minimum Gasteiger partial charge on any atom is -0.310 e. The SMILES string of the molecule is CC1(C)c2ccccc2-c2ccc(N(c3ccccc3)c3ccc4c(c3)C(C)(C)C(C)(C)c3ccc5ccc6ccccc6c5c3-4)cc21. The molecule has 48 heavy (non-hydrogen) atoms. The second kappa shape index (κ2) is 9.94. The van der Waals surface area contributed by atoms with E-state index in [9.17, 15) is 0 Å². The number of hydrogen-bond acceptors (Lipinski definition) is 1. The average molecular weight is 620 g/mol. The lowest BCUT2D eigenvalue weighted by molar-refractivity contribution is 0.299. The van der Waals surface area contributed by atoms with E-state index >= 15 is 0 Å². The van der Waals surface area contributed by atoms with Gasteiger partial charge in [-0.05, 0) is 113 Å². The number of rotatable bonds is 3. The molecule has 2 aliphatic carbocycles. The Morgan fingerprint density at radius 3 is 1.77 bits per heavy atom. The van der Waals surface area contributed by atoms with Gasteiger partial charge in [-0.3, -0.25) is 0 Å². The van der Waals surface area contributed by atoms with Crippen molar-refractivity contribution in [2.45, 2.75) is 57.8 Å². The Morgan fingerprint density at radius 1 is 0.396 bits per heavy atom. The summed E-state index contributed by atoms with van der Waals surface area (Å²) in [5, 5.41) is 5.27. The van der Waals surface area contributed by atoms with Crippen LogP contribution in [0.25, 0.3) is 43.8 Å². The Kier molecular flexibility index (Phi) is 6.01. The van der Waals surface area contributed by atoms with Gasteiger partial charge < -0.3 is 4.90 Å². The Bertz CT molecular complexity index is 2430. The van der Waals surface area contributed by atoms with E-state index in [4.69, 9.17) is 0 Å². The normalized spacial score (nSPS) is 16.2. The van der Waals surface area contributed by atoms with E-state index in [1.165, 1.54) is 77.4 Å². The number of hydrogen-bond donors (Lipinski definition) is 0. The van der Waals surface area contributed by atoms with Gasteiger partial charge in [0.05, 0.1) is 0 Å². The van der Waals surface area contributed by atoms with Gasteiger partial charge in [-0.25, -0.2) is 0 Å². The van der Waals surface area contributed by atoms with Gasteiger partial charge >= 0.3 is 0 Å². The Hall–Kier alpha value is -5.14. The smallest absolute Gasteiger partial charge is 0.0465 e. The van der Waals surface area contributed by atoms with Gasteiger partial charge in [0.2, 0.25) is 0 Å². The standard InChI is InChI=1S/C47H41N/c1-45(2)39-19-13-12-18-36(39)37-25-23-33(28-41(37)45)48(32-15-8-7-9-16-32)34-24-26-38-42(29-34)47(5,6)46(3,4)40-27-22-31-21-20-30-14-10-11-17-35(30)43(31)44(38)40/h7-29H,1-6H3. The van der Waals surface area contributed by atoms with Gasteiger partial charge in [0.15, 0.2) is 0 Å². The number of anilines is 3. The van der Waals surface area contributed by atoms with E-state index in [1.807, 2.05) is 0 Å². The van der Waals surface area contributed by atoms with E-state index < -0.39 is 0 Å². The van der Waals surface area contributed by atoms with Crippen molar-refractivity contribution >= 4 is 38.6 Å². The van der Waals surface area contributed by atoms with Crippen LogP contribution in [-0.4, -0.2) is 0 Å². The van der Waals surface area contributed by atoms with Crippen molar-refractivity contribution in [3.8, 4) is 22.3 Å². The van der Waals surface area contributed by atoms with Crippen LogP contribution < -0.4 is 4.90 Å². The van der Waals surface area contributed by atoms with Crippen LogP contribution in [0.15, 0.2) is 140 Å². The molecular weight excluding hydrogens is 579 g/mol. The summed E-state index contributed by atoms with van der Waals surface area (Å²) in [6.45, 7) is 14.5. The molecule has 0 heterocycles. The fourth-order valence-corrected chi connectivity index (χ4v) is 8.83.